The number of nitrogens with one attached hydrogen (secondary N) is 1. The molecule has 0 atom stereocenters. The minimum atomic E-state index is 0.331. The fraction of sp³-hybridized carbons (Fsp3) is 0.236. The van der Waals surface area contributed by atoms with E-state index in [0.717, 1.165) is 84.2 Å². The van der Waals surface area contributed by atoms with Gasteiger partial charge in [0, 0.05) is 5.69 Å². The van der Waals surface area contributed by atoms with Crippen LogP contribution in [0.15, 0.2) is 113 Å². The highest BCUT2D eigenvalue weighted by molar-refractivity contribution is 7.22. The number of aryl methyl sites for hydroxylation is 8. The summed E-state index contributed by atoms with van der Waals surface area (Å²) in [5.41, 5.74) is 14.6. The SMILES string of the molecule is CCc1cc(C)cc(CC)c1Nc1nc(N(c2nc3ccccc3s2)c2c(CC)cc(C)cc2CC)cc(C)c1N=Nc1c(C#N)c(CC)nn1-c1nc2ccccc2s1.Clc1nc2ccccc2s1. The minimum absolute atomic E-state index is 0.331. The lowest BCUT2D eigenvalue weighted by molar-refractivity contribution is 0.830. The van der Waals surface area contributed by atoms with Crippen LogP contribution in [0.1, 0.15) is 84.8 Å². The predicted octanol–water partition coefficient (Wildman–Crippen LogP) is 16.7. The van der Waals surface area contributed by atoms with Crippen LogP contribution < -0.4 is 10.2 Å². The van der Waals surface area contributed by atoms with Crippen LogP contribution in [0.25, 0.3) is 35.8 Å². The third-order valence-corrected chi connectivity index (χ3v) is 15.3. The Morgan fingerprint density at radius 1 is 0.643 bits per heavy atom. The summed E-state index contributed by atoms with van der Waals surface area (Å²) in [6.45, 7) is 17.1. The number of hydrogen-bond donors (Lipinski definition) is 1. The van der Waals surface area contributed by atoms with Gasteiger partial charge in [0.25, 0.3) is 0 Å². The normalized spacial score (nSPS) is 11.4. The Morgan fingerprint density at radius 3 is 1.73 bits per heavy atom. The first-order chi connectivity index (χ1) is 34.0. The molecule has 0 spiro atoms. The lowest BCUT2D eigenvalue weighted by Gasteiger charge is -2.28. The van der Waals surface area contributed by atoms with Crippen molar-refractivity contribution in [2.75, 3.05) is 10.2 Å². The van der Waals surface area contributed by atoms with Crippen molar-refractivity contribution in [3.05, 3.63) is 158 Å². The van der Waals surface area contributed by atoms with E-state index in [0.29, 0.717) is 44.6 Å². The molecule has 0 aliphatic rings. The molecular formula is C55H52ClN11S3. The minimum Gasteiger partial charge on any atom is -0.338 e. The summed E-state index contributed by atoms with van der Waals surface area (Å²) in [6.07, 6.45) is 3.90. The number of benzene rings is 5. The van der Waals surface area contributed by atoms with Gasteiger partial charge in [0.05, 0.1) is 42.0 Å². The van der Waals surface area contributed by atoms with E-state index in [1.807, 2.05) is 68.4 Å². The average molecular weight is 999 g/mol. The molecule has 0 aliphatic carbocycles. The number of halogens is 1. The summed E-state index contributed by atoms with van der Waals surface area (Å²) >= 11 is 10.4. The molecule has 0 unspecified atom stereocenters. The van der Waals surface area contributed by atoms with E-state index in [9.17, 15) is 5.26 Å². The number of fused-ring (bicyclic) bond motifs is 3. The first-order valence-corrected chi connectivity index (χ1v) is 26.4. The quantitative estimate of drug-likeness (QED) is 0.113. The highest BCUT2D eigenvalue weighted by atomic mass is 35.5. The Hall–Kier alpha value is -6.89. The standard InChI is InChI=1S/C48H48N10S2.C7H4ClNS/c1-9-31-22-28(6)23-32(10-2)43(31)53-45-42(54-55-46-35(27-49)36(13-5)56-58(46)48-51-38-19-15-17-21-40(38)60-48)30(8)26-41(52-45)57(47-50-37-18-14-16-20-39(37)59-47)44-33(11-3)24-29(7)25-34(44)12-4;8-7-9-5-3-1-2-4-6(5)10-7/h14-26H,9-13H2,1-8H3,(H,52,53);1-4H. The molecule has 10 aromatic rings. The highest BCUT2D eigenvalue weighted by Crippen LogP contribution is 2.46. The van der Waals surface area contributed by atoms with Gasteiger partial charge in [0.15, 0.2) is 21.2 Å². The number of thiazole rings is 3. The second-order valence-corrected chi connectivity index (χ2v) is 20.5. The Morgan fingerprint density at radius 2 is 1.19 bits per heavy atom. The number of rotatable bonds is 13. The molecule has 15 heteroatoms. The van der Waals surface area contributed by atoms with Crippen molar-refractivity contribution in [2.24, 2.45) is 10.2 Å². The van der Waals surface area contributed by atoms with E-state index in [2.05, 4.69) is 111 Å². The van der Waals surface area contributed by atoms with Gasteiger partial charge >= 0.3 is 0 Å². The molecule has 0 fully saturated rings. The Bertz CT molecular complexity index is 3460. The van der Waals surface area contributed by atoms with Gasteiger partial charge in [-0.1, -0.05) is 141 Å². The number of para-hydroxylation sites is 3. The van der Waals surface area contributed by atoms with Crippen LogP contribution in [0.2, 0.25) is 4.47 Å². The molecule has 5 aromatic carbocycles. The summed E-state index contributed by atoms with van der Waals surface area (Å²) in [5, 5.41) is 30.5. The van der Waals surface area contributed by atoms with Crippen molar-refractivity contribution in [3.8, 4) is 11.2 Å². The maximum atomic E-state index is 10.5. The number of hydrogen-bond acceptors (Lipinski definition) is 13. The van der Waals surface area contributed by atoms with Crippen LogP contribution in [-0.4, -0.2) is 29.7 Å². The third kappa shape index (κ3) is 9.67. The smallest absolute Gasteiger partial charge is 0.213 e. The van der Waals surface area contributed by atoms with Crippen LogP contribution in [0.3, 0.4) is 0 Å². The lowest BCUT2D eigenvalue weighted by atomic mass is 9.98. The molecule has 0 bridgehead atoms. The maximum Gasteiger partial charge on any atom is 0.213 e. The zero-order valence-electron chi connectivity index (χ0n) is 40.4. The van der Waals surface area contributed by atoms with E-state index in [1.54, 1.807) is 16.0 Å². The second kappa shape index (κ2) is 21.0. The van der Waals surface area contributed by atoms with Crippen LogP contribution >= 0.6 is 45.6 Å². The lowest BCUT2D eigenvalue weighted by Crippen LogP contribution is -2.17. The fourth-order valence-corrected chi connectivity index (χ4v) is 11.6. The molecule has 0 amide bonds. The van der Waals surface area contributed by atoms with E-state index >= 15 is 0 Å². The fourth-order valence-electron chi connectivity index (χ4n) is 8.71. The average Bonchev–Trinajstić information content (AvgIpc) is 4.17. The molecule has 70 heavy (non-hydrogen) atoms. The zero-order valence-corrected chi connectivity index (χ0v) is 43.6. The third-order valence-electron chi connectivity index (χ3n) is 12.1. The number of nitrogens with zero attached hydrogens (tertiary/aromatic N) is 10. The molecule has 5 aromatic heterocycles. The van der Waals surface area contributed by atoms with Gasteiger partial charge in [-0.15, -0.1) is 21.6 Å². The molecular weight excluding hydrogens is 946 g/mol. The molecule has 0 radical (unpaired) electrons. The number of azo groups is 1. The van der Waals surface area contributed by atoms with Crippen LogP contribution in [0, 0.1) is 32.1 Å². The molecule has 0 aliphatic heterocycles. The van der Waals surface area contributed by atoms with E-state index in [1.165, 1.54) is 56.1 Å². The van der Waals surface area contributed by atoms with Crippen molar-refractivity contribution in [2.45, 2.75) is 87.5 Å². The maximum absolute atomic E-state index is 10.5. The monoisotopic (exact) mass is 997 g/mol. The number of pyridine rings is 1. The van der Waals surface area contributed by atoms with Crippen LogP contribution in [0.5, 0.6) is 0 Å². The van der Waals surface area contributed by atoms with Gasteiger partial charge in [0.1, 0.15) is 23.1 Å². The van der Waals surface area contributed by atoms with Gasteiger partial charge in [-0.3, -0.25) is 4.90 Å². The van der Waals surface area contributed by atoms with E-state index in [-0.39, 0.29) is 0 Å². The molecule has 352 valence electrons. The summed E-state index contributed by atoms with van der Waals surface area (Å²) in [6, 6.07) is 37.6. The molecule has 5 heterocycles. The highest BCUT2D eigenvalue weighted by Gasteiger charge is 2.27. The first-order valence-electron chi connectivity index (χ1n) is 23.5. The van der Waals surface area contributed by atoms with Crippen molar-refractivity contribution in [1.29, 1.82) is 5.26 Å². The molecule has 10 rings (SSSR count). The summed E-state index contributed by atoms with van der Waals surface area (Å²) < 4.78 is 5.54. The molecule has 0 saturated carbocycles. The Balaban J connectivity index is 0.000000537. The van der Waals surface area contributed by atoms with Gasteiger partial charge in [0.2, 0.25) is 5.13 Å². The summed E-state index contributed by atoms with van der Waals surface area (Å²) in [4.78, 5) is 21.9. The topological polar surface area (TPSA) is 133 Å². The van der Waals surface area contributed by atoms with Gasteiger partial charge in [-0.25, -0.2) is 19.9 Å². The second-order valence-electron chi connectivity index (χ2n) is 16.8. The van der Waals surface area contributed by atoms with Crippen molar-refractivity contribution in [1.82, 2.24) is 29.7 Å². The largest absolute Gasteiger partial charge is 0.338 e. The van der Waals surface area contributed by atoms with E-state index in [4.69, 9.17) is 41.9 Å². The van der Waals surface area contributed by atoms with Crippen molar-refractivity contribution < 1.29 is 0 Å². The Labute approximate surface area is 425 Å². The number of anilines is 5. The van der Waals surface area contributed by atoms with Crippen LogP contribution in [0.4, 0.5) is 39.6 Å². The summed E-state index contributed by atoms with van der Waals surface area (Å²) in [5.74, 6) is 1.60. The van der Waals surface area contributed by atoms with Crippen molar-refractivity contribution >= 4 is 116 Å². The van der Waals surface area contributed by atoms with Crippen LogP contribution in [-0.2, 0) is 32.1 Å². The van der Waals surface area contributed by atoms with Gasteiger partial charge < -0.3 is 5.32 Å². The van der Waals surface area contributed by atoms with Crippen molar-refractivity contribution in [3.63, 3.8) is 0 Å². The number of aromatic nitrogens is 6. The summed E-state index contributed by atoms with van der Waals surface area (Å²) in [7, 11) is 0. The Kier molecular flexibility index (Phi) is 14.4. The zero-order chi connectivity index (χ0) is 49.1. The first kappa shape index (κ1) is 48.1. The molecule has 11 nitrogen and oxygen atoms in total. The molecule has 1 N–H and O–H groups in total. The number of nitriles is 1. The molecule has 0 saturated heterocycles. The predicted molar refractivity (Wildman–Crippen MR) is 293 cm³/mol. The van der Waals surface area contributed by atoms with Gasteiger partial charge in [-0.2, -0.15) is 15.0 Å². The van der Waals surface area contributed by atoms with Gasteiger partial charge in [-0.05, 0) is 123 Å². The van der Waals surface area contributed by atoms with E-state index < -0.39 is 0 Å².